The molecule has 3 N–H and O–H groups in total. The second kappa shape index (κ2) is 10.2. The number of anilines is 1. The Kier molecular flexibility index (Phi) is 7.22. The number of carbonyl (C=O) groups is 3. The Morgan fingerprint density at radius 3 is 2.26 bits per heavy atom. The van der Waals surface area contributed by atoms with Gasteiger partial charge in [0.15, 0.2) is 6.61 Å². The fraction of sp³-hybridized carbons (Fsp3) is 0.208. The normalized spacial score (nSPS) is 10.5. The Bertz CT molecular complexity index is 1080. The number of hydrogen-bond acceptors (Lipinski definition) is 4. The number of fused-ring (bicyclic) bond motifs is 1. The van der Waals surface area contributed by atoms with E-state index >= 15 is 0 Å². The Labute approximate surface area is 180 Å². The van der Waals surface area contributed by atoms with Gasteiger partial charge >= 0.3 is 0 Å². The van der Waals surface area contributed by atoms with Crippen molar-refractivity contribution < 1.29 is 19.1 Å². The highest BCUT2D eigenvalue weighted by atomic mass is 16.5. The molecular weight excluding hydrogens is 394 g/mol. The lowest BCUT2D eigenvalue weighted by Gasteiger charge is -2.10. The second-order valence-electron chi connectivity index (χ2n) is 7.52. The van der Waals surface area contributed by atoms with Crippen LogP contribution in [0.5, 0.6) is 5.75 Å². The molecular formula is C24H25N3O4. The maximum atomic E-state index is 12.2. The van der Waals surface area contributed by atoms with Crippen molar-refractivity contribution in [3.8, 4) is 5.75 Å². The van der Waals surface area contributed by atoms with Gasteiger partial charge in [-0.3, -0.25) is 25.2 Å². The van der Waals surface area contributed by atoms with E-state index in [2.05, 4.69) is 16.2 Å². The highest BCUT2D eigenvalue weighted by Gasteiger charge is 2.10. The molecule has 0 aromatic heterocycles. The van der Waals surface area contributed by atoms with Crippen LogP contribution in [0.1, 0.15) is 30.6 Å². The Hall–Kier alpha value is -3.87. The zero-order chi connectivity index (χ0) is 22.2. The van der Waals surface area contributed by atoms with Crippen LogP contribution in [-0.2, 0) is 9.59 Å². The molecule has 0 aliphatic heterocycles. The van der Waals surface area contributed by atoms with Crippen LogP contribution in [0.15, 0.2) is 66.7 Å². The molecule has 0 heterocycles. The van der Waals surface area contributed by atoms with E-state index in [1.165, 1.54) is 0 Å². The molecule has 3 aromatic carbocycles. The van der Waals surface area contributed by atoms with Gasteiger partial charge in [0.1, 0.15) is 5.75 Å². The van der Waals surface area contributed by atoms with Gasteiger partial charge in [0.25, 0.3) is 11.8 Å². The van der Waals surface area contributed by atoms with Crippen LogP contribution in [0, 0.1) is 5.92 Å². The minimum absolute atomic E-state index is 0.0779. The molecule has 0 atom stereocenters. The van der Waals surface area contributed by atoms with Crippen molar-refractivity contribution in [2.45, 2.75) is 20.3 Å². The zero-order valence-corrected chi connectivity index (χ0v) is 17.5. The van der Waals surface area contributed by atoms with Crippen molar-refractivity contribution in [3.63, 3.8) is 0 Å². The van der Waals surface area contributed by atoms with Crippen molar-refractivity contribution in [2.75, 3.05) is 11.9 Å². The predicted octanol–water partition coefficient (Wildman–Crippen LogP) is 3.66. The summed E-state index contributed by atoms with van der Waals surface area (Å²) in [6, 6.07) is 19.8. The van der Waals surface area contributed by atoms with Crippen LogP contribution < -0.4 is 20.9 Å². The highest BCUT2D eigenvalue weighted by molar-refractivity contribution is 5.96. The molecule has 31 heavy (non-hydrogen) atoms. The standard InChI is InChI=1S/C24H25N3O4/c1-16(2)13-22(28)25-20-10-7-18(8-11-20)24(30)27-26-23(29)15-31-21-12-9-17-5-3-4-6-19(17)14-21/h3-12,14,16H,13,15H2,1-2H3,(H,25,28)(H,26,29)(H,27,30). The first-order valence-electron chi connectivity index (χ1n) is 10.0. The molecule has 0 fully saturated rings. The molecule has 3 rings (SSSR count). The summed E-state index contributed by atoms with van der Waals surface area (Å²) in [5.74, 6) is -0.210. The summed E-state index contributed by atoms with van der Waals surface area (Å²) >= 11 is 0. The number of hydrazine groups is 1. The van der Waals surface area contributed by atoms with Gasteiger partial charge in [-0.05, 0) is 53.1 Å². The van der Waals surface area contributed by atoms with Gasteiger partial charge in [-0.2, -0.15) is 0 Å². The number of ether oxygens (including phenoxy) is 1. The fourth-order valence-corrected chi connectivity index (χ4v) is 2.93. The summed E-state index contributed by atoms with van der Waals surface area (Å²) in [6.07, 6.45) is 0.426. The summed E-state index contributed by atoms with van der Waals surface area (Å²) in [5, 5.41) is 4.87. The third kappa shape index (κ3) is 6.57. The monoisotopic (exact) mass is 419 g/mol. The van der Waals surface area contributed by atoms with Crippen molar-refractivity contribution >= 4 is 34.2 Å². The van der Waals surface area contributed by atoms with Crippen LogP contribution >= 0.6 is 0 Å². The van der Waals surface area contributed by atoms with E-state index in [1.54, 1.807) is 30.3 Å². The van der Waals surface area contributed by atoms with E-state index in [4.69, 9.17) is 4.74 Å². The molecule has 160 valence electrons. The summed E-state index contributed by atoms with van der Waals surface area (Å²) in [5.41, 5.74) is 5.62. The molecule has 3 aromatic rings. The number of nitrogens with one attached hydrogen (secondary N) is 3. The lowest BCUT2D eigenvalue weighted by Crippen LogP contribution is -2.43. The number of rotatable bonds is 7. The molecule has 7 heteroatoms. The van der Waals surface area contributed by atoms with Crippen molar-refractivity contribution in [1.82, 2.24) is 10.9 Å². The van der Waals surface area contributed by atoms with E-state index in [1.807, 2.05) is 50.2 Å². The SMILES string of the molecule is CC(C)CC(=O)Nc1ccc(C(=O)NNC(=O)COc2ccc3ccccc3c2)cc1. The molecule has 0 saturated heterocycles. The minimum Gasteiger partial charge on any atom is -0.484 e. The van der Waals surface area contributed by atoms with Gasteiger partial charge in [-0.1, -0.05) is 44.2 Å². The molecule has 0 saturated carbocycles. The van der Waals surface area contributed by atoms with Crippen LogP contribution in [0.2, 0.25) is 0 Å². The summed E-state index contributed by atoms with van der Waals surface area (Å²) in [6.45, 7) is 3.70. The maximum Gasteiger partial charge on any atom is 0.276 e. The van der Waals surface area contributed by atoms with Gasteiger partial charge in [-0.25, -0.2) is 0 Å². The Morgan fingerprint density at radius 1 is 0.839 bits per heavy atom. The lowest BCUT2D eigenvalue weighted by atomic mass is 10.1. The molecule has 0 radical (unpaired) electrons. The quantitative estimate of drug-likeness (QED) is 0.509. The van der Waals surface area contributed by atoms with E-state index < -0.39 is 11.8 Å². The molecule has 7 nitrogen and oxygen atoms in total. The van der Waals surface area contributed by atoms with Crippen molar-refractivity contribution in [1.29, 1.82) is 0 Å². The number of hydrogen-bond donors (Lipinski definition) is 3. The Morgan fingerprint density at radius 2 is 1.55 bits per heavy atom. The van der Waals surface area contributed by atoms with E-state index in [9.17, 15) is 14.4 Å². The molecule has 0 unspecified atom stereocenters. The first-order chi connectivity index (χ1) is 14.9. The minimum atomic E-state index is -0.487. The van der Waals surface area contributed by atoms with E-state index in [0.29, 0.717) is 23.4 Å². The third-order valence-corrected chi connectivity index (χ3v) is 4.43. The molecule has 3 amide bonds. The molecule has 0 aliphatic rings. The van der Waals surface area contributed by atoms with Crippen LogP contribution in [0.3, 0.4) is 0 Å². The Balaban J connectivity index is 1.45. The van der Waals surface area contributed by atoms with Crippen LogP contribution in [0.4, 0.5) is 5.69 Å². The van der Waals surface area contributed by atoms with Crippen molar-refractivity contribution in [3.05, 3.63) is 72.3 Å². The lowest BCUT2D eigenvalue weighted by molar-refractivity contribution is -0.123. The van der Waals surface area contributed by atoms with E-state index in [0.717, 1.165) is 10.8 Å². The van der Waals surface area contributed by atoms with Gasteiger partial charge in [0.05, 0.1) is 0 Å². The van der Waals surface area contributed by atoms with Crippen LogP contribution in [0.25, 0.3) is 10.8 Å². The number of amides is 3. The average Bonchev–Trinajstić information content (AvgIpc) is 2.75. The van der Waals surface area contributed by atoms with Crippen molar-refractivity contribution in [2.24, 2.45) is 5.92 Å². The topological polar surface area (TPSA) is 96.5 Å². The maximum absolute atomic E-state index is 12.2. The fourth-order valence-electron chi connectivity index (χ4n) is 2.93. The largest absolute Gasteiger partial charge is 0.484 e. The van der Waals surface area contributed by atoms with Gasteiger partial charge in [0, 0.05) is 17.7 Å². The third-order valence-electron chi connectivity index (χ3n) is 4.43. The first kappa shape index (κ1) is 21.8. The average molecular weight is 419 g/mol. The predicted molar refractivity (Wildman–Crippen MR) is 120 cm³/mol. The highest BCUT2D eigenvalue weighted by Crippen LogP contribution is 2.20. The number of benzene rings is 3. The summed E-state index contributed by atoms with van der Waals surface area (Å²) in [4.78, 5) is 36.0. The number of carbonyl (C=O) groups excluding carboxylic acids is 3. The van der Waals surface area contributed by atoms with Gasteiger partial charge < -0.3 is 10.1 Å². The second-order valence-corrected chi connectivity index (χ2v) is 7.52. The molecule has 0 spiro atoms. The molecule has 0 bridgehead atoms. The molecule has 0 aliphatic carbocycles. The van der Waals surface area contributed by atoms with Gasteiger partial charge in [-0.15, -0.1) is 0 Å². The summed E-state index contributed by atoms with van der Waals surface area (Å²) < 4.78 is 5.49. The smallest absolute Gasteiger partial charge is 0.276 e. The summed E-state index contributed by atoms with van der Waals surface area (Å²) in [7, 11) is 0. The first-order valence-corrected chi connectivity index (χ1v) is 10.0. The van der Waals surface area contributed by atoms with Crippen LogP contribution in [-0.4, -0.2) is 24.3 Å². The van der Waals surface area contributed by atoms with Gasteiger partial charge in [0.2, 0.25) is 5.91 Å². The zero-order valence-electron chi connectivity index (χ0n) is 17.5. The van der Waals surface area contributed by atoms with E-state index in [-0.39, 0.29) is 18.4 Å².